The molecule has 3 rings (SSSR count). The molecule has 0 radical (unpaired) electrons. The van der Waals surface area contributed by atoms with Crippen molar-refractivity contribution in [2.24, 2.45) is 0 Å². The summed E-state index contributed by atoms with van der Waals surface area (Å²) in [4.78, 5) is 10.6. The molecule has 0 bridgehead atoms. The molecule has 5 N–H and O–H groups in total. The standard InChI is InChI=1S/C24H31NO5.2Na.2H/c26-15-20-12-18(8-10-22(20)27)23(28)14-25-21-9-7-17-6-5-16(11-19(17)13-21)3-1-2-4-24(29)30;;;;/h5-6,8,10-12,21,23,25-28H,1-4,7,9,13-15H2,(H,29,30);;;;/t21-,23+;;;;/m0..../s1. The summed E-state index contributed by atoms with van der Waals surface area (Å²) >= 11 is 0. The van der Waals surface area contributed by atoms with E-state index in [0.29, 0.717) is 24.1 Å². The van der Waals surface area contributed by atoms with Crippen molar-refractivity contribution in [3.05, 3.63) is 64.2 Å². The molecule has 1 aliphatic carbocycles. The first-order chi connectivity index (χ1) is 14.5. The number of unbranched alkanes of at least 4 members (excludes halogenated alkanes) is 1. The fraction of sp³-hybridized carbons (Fsp3) is 0.458. The second kappa shape index (κ2) is 14.8. The van der Waals surface area contributed by atoms with Gasteiger partial charge in [-0.1, -0.05) is 24.3 Å². The van der Waals surface area contributed by atoms with Crippen molar-refractivity contribution in [3.63, 3.8) is 0 Å². The molecule has 0 fully saturated rings. The Balaban J connectivity index is 0.00000256. The molecular weight excluding hydrogens is 428 g/mol. The van der Waals surface area contributed by atoms with Gasteiger partial charge in [-0.2, -0.15) is 0 Å². The minimum atomic E-state index is -0.739. The van der Waals surface area contributed by atoms with Crippen molar-refractivity contribution in [2.45, 2.75) is 63.7 Å². The van der Waals surface area contributed by atoms with Gasteiger partial charge in [-0.15, -0.1) is 0 Å². The van der Waals surface area contributed by atoms with Crippen molar-refractivity contribution in [1.29, 1.82) is 0 Å². The van der Waals surface area contributed by atoms with Crippen LogP contribution in [0.15, 0.2) is 36.4 Å². The van der Waals surface area contributed by atoms with Gasteiger partial charge in [-0.25, -0.2) is 0 Å². The molecule has 6 nitrogen and oxygen atoms in total. The van der Waals surface area contributed by atoms with Gasteiger partial charge in [-0.05, 0) is 72.9 Å². The van der Waals surface area contributed by atoms with Crippen molar-refractivity contribution in [3.8, 4) is 5.75 Å². The van der Waals surface area contributed by atoms with Gasteiger partial charge in [-0.3, -0.25) is 4.79 Å². The predicted octanol–water partition coefficient (Wildman–Crippen LogP) is 1.57. The van der Waals surface area contributed by atoms with Crippen LogP contribution in [0.25, 0.3) is 0 Å². The van der Waals surface area contributed by atoms with E-state index in [9.17, 15) is 20.1 Å². The summed E-state index contributed by atoms with van der Waals surface area (Å²) in [7, 11) is 0. The number of aromatic hydroxyl groups is 1. The molecular formula is C24H33NNa2O5. The van der Waals surface area contributed by atoms with Crippen LogP contribution in [0, 0.1) is 0 Å². The van der Waals surface area contributed by atoms with Crippen LogP contribution in [0.1, 0.15) is 59.6 Å². The molecule has 0 heterocycles. The van der Waals surface area contributed by atoms with E-state index >= 15 is 0 Å². The van der Waals surface area contributed by atoms with Crippen LogP contribution in [0.4, 0.5) is 0 Å². The van der Waals surface area contributed by atoms with Gasteiger partial charge in [0.25, 0.3) is 0 Å². The maximum atomic E-state index is 10.6. The van der Waals surface area contributed by atoms with Gasteiger partial charge in [0.1, 0.15) is 5.75 Å². The quantitative estimate of drug-likeness (QED) is 0.271. The number of aliphatic carboxylic acids is 1. The molecule has 8 heteroatoms. The average Bonchev–Trinajstić information content (AvgIpc) is 2.75. The number of aliphatic hydroxyl groups is 2. The Morgan fingerprint density at radius 1 is 1.09 bits per heavy atom. The molecule has 0 aliphatic heterocycles. The van der Waals surface area contributed by atoms with Gasteiger partial charge in [0.05, 0.1) is 12.7 Å². The van der Waals surface area contributed by atoms with E-state index in [1.54, 1.807) is 12.1 Å². The first-order valence-electron chi connectivity index (χ1n) is 10.6. The SMILES string of the molecule is O=C(O)CCCCc1ccc2c(c1)C[C@@H](NC[C@@H](O)c1ccc(O)c(CO)c1)CC2.[NaH].[NaH]. The zero-order valence-electron chi connectivity index (χ0n) is 17.2. The molecule has 2 aromatic carbocycles. The Morgan fingerprint density at radius 2 is 1.88 bits per heavy atom. The third-order valence-electron chi connectivity index (χ3n) is 5.86. The fourth-order valence-corrected chi connectivity index (χ4v) is 4.08. The zero-order valence-corrected chi connectivity index (χ0v) is 17.2. The Morgan fingerprint density at radius 3 is 2.59 bits per heavy atom. The van der Waals surface area contributed by atoms with Gasteiger partial charge in [0.2, 0.25) is 0 Å². The number of rotatable bonds is 10. The number of aliphatic hydroxyl groups excluding tert-OH is 2. The van der Waals surface area contributed by atoms with E-state index in [-0.39, 0.29) is 83.9 Å². The first kappa shape index (κ1) is 29.6. The van der Waals surface area contributed by atoms with E-state index in [1.165, 1.54) is 22.8 Å². The summed E-state index contributed by atoms with van der Waals surface area (Å²) < 4.78 is 0. The van der Waals surface area contributed by atoms with Crippen LogP contribution in [-0.2, 0) is 30.7 Å². The molecule has 0 amide bonds. The van der Waals surface area contributed by atoms with Crippen molar-refractivity contribution in [2.75, 3.05) is 6.54 Å². The fourth-order valence-electron chi connectivity index (χ4n) is 4.08. The molecule has 0 unspecified atom stereocenters. The number of carboxylic acids is 1. The van der Waals surface area contributed by atoms with Gasteiger partial charge < -0.3 is 25.7 Å². The molecule has 2 atom stereocenters. The number of carboxylic acid groups (broad SMARTS) is 1. The van der Waals surface area contributed by atoms with E-state index in [1.807, 2.05) is 0 Å². The molecule has 166 valence electrons. The number of carbonyl (C=O) groups is 1. The first-order valence-corrected chi connectivity index (χ1v) is 10.6. The van der Waals surface area contributed by atoms with Gasteiger partial charge >= 0.3 is 65.1 Å². The van der Waals surface area contributed by atoms with E-state index in [2.05, 4.69) is 23.5 Å². The van der Waals surface area contributed by atoms with Gasteiger partial charge in [0.15, 0.2) is 0 Å². The molecule has 1 aliphatic rings. The zero-order chi connectivity index (χ0) is 21.5. The summed E-state index contributed by atoms with van der Waals surface area (Å²) in [5.41, 5.74) is 5.03. The summed E-state index contributed by atoms with van der Waals surface area (Å²) in [6, 6.07) is 11.7. The average molecular weight is 462 g/mol. The summed E-state index contributed by atoms with van der Waals surface area (Å²) in [5.74, 6) is -0.708. The van der Waals surface area contributed by atoms with E-state index < -0.39 is 12.1 Å². The normalized spacial score (nSPS) is 15.8. The predicted molar refractivity (Wildman–Crippen MR) is 129 cm³/mol. The summed E-state index contributed by atoms with van der Waals surface area (Å²) in [5, 5.41) is 41.7. The summed E-state index contributed by atoms with van der Waals surface area (Å²) in [6.45, 7) is 0.141. The number of phenols is 1. The molecule has 0 aromatic heterocycles. The van der Waals surface area contributed by atoms with Crippen molar-refractivity contribution >= 4 is 65.1 Å². The molecule has 0 saturated heterocycles. The number of hydrogen-bond donors (Lipinski definition) is 5. The van der Waals surface area contributed by atoms with Crippen LogP contribution in [0.5, 0.6) is 5.75 Å². The monoisotopic (exact) mass is 461 g/mol. The van der Waals surface area contributed by atoms with Crippen LogP contribution in [0.3, 0.4) is 0 Å². The number of benzene rings is 2. The Bertz CT molecular complexity index is 877. The van der Waals surface area contributed by atoms with Gasteiger partial charge in [0, 0.05) is 24.6 Å². The Hall–Kier alpha value is -0.410. The van der Waals surface area contributed by atoms with Crippen molar-refractivity contribution in [1.82, 2.24) is 5.32 Å². The van der Waals surface area contributed by atoms with Crippen LogP contribution in [-0.4, -0.2) is 98.1 Å². The summed E-state index contributed by atoms with van der Waals surface area (Å²) in [6.07, 6.45) is 4.89. The number of nitrogens with one attached hydrogen (secondary N) is 1. The van der Waals surface area contributed by atoms with Crippen LogP contribution in [0.2, 0.25) is 0 Å². The number of aryl methyl sites for hydroxylation is 2. The second-order valence-electron chi connectivity index (χ2n) is 8.11. The third kappa shape index (κ3) is 8.75. The minimum absolute atomic E-state index is 0. The van der Waals surface area contributed by atoms with E-state index in [4.69, 9.17) is 5.11 Å². The molecule has 32 heavy (non-hydrogen) atoms. The number of hydrogen-bond acceptors (Lipinski definition) is 5. The Kier molecular flexibility index (Phi) is 13.7. The van der Waals surface area contributed by atoms with Crippen LogP contribution < -0.4 is 5.32 Å². The maximum absolute atomic E-state index is 10.6. The molecule has 2 aromatic rings. The second-order valence-corrected chi connectivity index (χ2v) is 8.11. The van der Waals surface area contributed by atoms with Crippen LogP contribution >= 0.6 is 0 Å². The molecule has 0 saturated carbocycles. The van der Waals surface area contributed by atoms with E-state index in [0.717, 1.165) is 32.1 Å². The van der Waals surface area contributed by atoms with Crippen molar-refractivity contribution < 1.29 is 25.2 Å². The topological polar surface area (TPSA) is 110 Å². The number of fused-ring (bicyclic) bond motifs is 1. The Labute approximate surface area is 234 Å². The third-order valence-corrected chi connectivity index (χ3v) is 5.86. The molecule has 0 spiro atoms.